The van der Waals surface area contributed by atoms with Gasteiger partial charge in [-0.3, -0.25) is 4.79 Å². The van der Waals surface area contributed by atoms with E-state index < -0.39 is 0 Å². The van der Waals surface area contributed by atoms with Gasteiger partial charge >= 0.3 is 0 Å². The number of fused-ring (bicyclic) bond motifs is 2. The summed E-state index contributed by atoms with van der Waals surface area (Å²) in [4.78, 5) is 18.8. The SMILES string of the molecule is O=C(NCc1ccc2c(c1)OCO2)c1cc(-c2cccs2)nc2ccccc12. The van der Waals surface area contributed by atoms with Crippen LogP contribution in [-0.4, -0.2) is 17.7 Å². The number of amides is 1. The number of carbonyl (C=O) groups excluding carboxylic acids is 1. The Balaban J connectivity index is 1.45. The summed E-state index contributed by atoms with van der Waals surface area (Å²) >= 11 is 1.61. The molecule has 2 aromatic carbocycles. The molecular weight excluding hydrogens is 372 g/mol. The van der Waals surface area contributed by atoms with Gasteiger partial charge in [-0.25, -0.2) is 4.98 Å². The molecule has 0 fully saturated rings. The lowest BCUT2D eigenvalue weighted by atomic mass is 10.1. The van der Waals surface area contributed by atoms with Crippen LogP contribution in [0.25, 0.3) is 21.5 Å². The minimum Gasteiger partial charge on any atom is -0.454 e. The average molecular weight is 388 g/mol. The van der Waals surface area contributed by atoms with Crippen molar-refractivity contribution in [3.8, 4) is 22.1 Å². The van der Waals surface area contributed by atoms with Gasteiger partial charge in [-0.1, -0.05) is 30.3 Å². The quantitative estimate of drug-likeness (QED) is 0.554. The number of carbonyl (C=O) groups is 1. The Morgan fingerprint density at radius 3 is 2.82 bits per heavy atom. The van der Waals surface area contributed by atoms with E-state index in [1.807, 2.05) is 66.0 Å². The van der Waals surface area contributed by atoms with Gasteiger partial charge in [0.1, 0.15) is 0 Å². The van der Waals surface area contributed by atoms with Crippen molar-refractivity contribution in [1.29, 1.82) is 0 Å². The van der Waals surface area contributed by atoms with Crippen molar-refractivity contribution >= 4 is 28.1 Å². The Kier molecular flexibility index (Phi) is 4.18. The second kappa shape index (κ2) is 6.98. The first kappa shape index (κ1) is 16.8. The fourth-order valence-electron chi connectivity index (χ4n) is 3.24. The number of aromatic nitrogens is 1. The second-order valence-electron chi connectivity index (χ2n) is 6.42. The van der Waals surface area contributed by atoms with E-state index in [1.165, 1.54) is 0 Å². The van der Waals surface area contributed by atoms with Crippen molar-refractivity contribution < 1.29 is 14.3 Å². The fraction of sp³-hybridized carbons (Fsp3) is 0.0909. The number of thiophene rings is 1. The zero-order valence-corrected chi connectivity index (χ0v) is 15.7. The van der Waals surface area contributed by atoms with Gasteiger partial charge < -0.3 is 14.8 Å². The van der Waals surface area contributed by atoms with Crippen LogP contribution in [-0.2, 0) is 6.54 Å². The molecule has 0 radical (unpaired) electrons. The van der Waals surface area contributed by atoms with Gasteiger partial charge in [0.2, 0.25) is 6.79 Å². The van der Waals surface area contributed by atoms with Crippen molar-refractivity contribution in [2.45, 2.75) is 6.54 Å². The largest absolute Gasteiger partial charge is 0.454 e. The highest BCUT2D eigenvalue weighted by Crippen LogP contribution is 2.32. The highest BCUT2D eigenvalue weighted by Gasteiger charge is 2.16. The van der Waals surface area contributed by atoms with Crippen molar-refractivity contribution in [2.75, 3.05) is 6.79 Å². The highest BCUT2D eigenvalue weighted by molar-refractivity contribution is 7.13. The molecule has 0 aliphatic carbocycles. The lowest BCUT2D eigenvalue weighted by Gasteiger charge is -2.10. The van der Waals surface area contributed by atoms with E-state index in [0.29, 0.717) is 17.9 Å². The van der Waals surface area contributed by atoms with Crippen LogP contribution in [0.5, 0.6) is 11.5 Å². The molecule has 28 heavy (non-hydrogen) atoms. The number of nitrogens with zero attached hydrogens (tertiary/aromatic N) is 1. The summed E-state index contributed by atoms with van der Waals surface area (Å²) in [5.41, 5.74) is 3.19. The van der Waals surface area contributed by atoms with Gasteiger partial charge in [0.15, 0.2) is 11.5 Å². The summed E-state index contributed by atoms with van der Waals surface area (Å²) in [6.45, 7) is 0.639. The third-order valence-corrected chi connectivity index (χ3v) is 5.52. The highest BCUT2D eigenvalue weighted by atomic mass is 32.1. The predicted octanol–water partition coefficient (Wildman–Crippen LogP) is 4.62. The summed E-state index contributed by atoms with van der Waals surface area (Å²) < 4.78 is 10.7. The van der Waals surface area contributed by atoms with E-state index in [0.717, 1.165) is 32.8 Å². The Morgan fingerprint density at radius 1 is 1.04 bits per heavy atom. The lowest BCUT2D eigenvalue weighted by molar-refractivity contribution is 0.0952. The molecule has 6 heteroatoms. The maximum Gasteiger partial charge on any atom is 0.252 e. The molecule has 0 saturated heterocycles. The van der Waals surface area contributed by atoms with Crippen LogP contribution in [0.2, 0.25) is 0 Å². The molecule has 2 aromatic heterocycles. The lowest BCUT2D eigenvalue weighted by Crippen LogP contribution is -2.23. The molecule has 5 rings (SSSR count). The number of rotatable bonds is 4. The van der Waals surface area contributed by atoms with Crippen molar-refractivity contribution in [1.82, 2.24) is 10.3 Å². The van der Waals surface area contributed by atoms with Crippen molar-refractivity contribution in [2.24, 2.45) is 0 Å². The zero-order chi connectivity index (χ0) is 18.9. The average Bonchev–Trinajstić information content (AvgIpc) is 3.42. The fourth-order valence-corrected chi connectivity index (χ4v) is 3.93. The van der Waals surface area contributed by atoms with Crippen LogP contribution in [0, 0.1) is 0 Å². The van der Waals surface area contributed by atoms with Gasteiger partial charge in [-0.15, -0.1) is 11.3 Å². The predicted molar refractivity (Wildman–Crippen MR) is 109 cm³/mol. The number of para-hydroxylation sites is 1. The molecule has 0 unspecified atom stereocenters. The maximum absolute atomic E-state index is 13.0. The van der Waals surface area contributed by atoms with Gasteiger partial charge in [0, 0.05) is 11.9 Å². The number of ether oxygens (including phenoxy) is 2. The molecule has 5 nitrogen and oxygen atoms in total. The monoisotopic (exact) mass is 388 g/mol. The third kappa shape index (κ3) is 3.08. The Hall–Kier alpha value is -3.38. The molecule has 1 N–H and O–H groups in total. The van der Waals surface area contributed by atoms with E-state index in [9.17, 15) is 4.79 Å². The third-order valence-electron chi connectivity index (χ3n) is 4.62. The number of pyridine rings is 1. The first-order valence-corrected chi connectivity index (χ1v) is 9.76. The normalized spacial score (nSPS) is 12.3. The van der Waals surface area contributed by atoms with Crippen LogP contribution in [0.4, 0.5) is 0 Å². The molecule has 4 aromatic rings. The van der Waals surface area contributed by atoms with Gasteiger partial charge in [-0.05, 0) is 41.3 Å². The van der Waals surface area contributed by atoms with Crippen LogP contribution in [0.1, 0.15) is 15.9 Å². The van der Waals surface area contributed by atoms with Crippen LogP contribution < -0.4 is 14.8 Å². The van der Waals surface area contributed by atoms with E-state index >= 15 is 0 Å². The van der Waals surface area contributed by atoms with Crippen molar-refractivity contribution in [3.63, 3.8) is 0 Å². The van der Waals surface area contributed by atoms with Crippen LogP contribution in [0.15, 0.2) is 66.0 Å². The van der Waals surface area contributed by atoms with Gasteiger partial charge in [0.05, 0.1) is 21.7 Å². The Labute approximate surface area is 165 Å². The molecule has 1 aliphatic rings. The molecule has 1 aliphatic heterocycles. The van der Waals surface area contributed by atoms with E-state index in [-0.39, 0.29) is 12.7 Å². The number of hydrogen-bond donors (Lipinski definition) is 1. The molecule has 0 spiro atoms. The molecule has 3 heterocycles. The van der Waals surface area contributed by atoms with Gasteiger partial charge in [0.25, 0.3) is 5.91 Å². The van der Waals surface area contributed by atoms with Crippen LogP contribution >= 0.6 is 11.3 Å². The number of benzene rings is 2. The number of nitrogens with one attached hydrogen (secondary N) is 1. The molecular formula is C22H16N2O3S. The molecule has 138 valence electrons. The second-order valence-corrected chi connectivity index (χ2v) is 7.37. The summed E-state index contributed by atoms with van der Waals surface area (Å²) in [5, 5.41) is 5.86. The van der Waals surface area contributed by atoms with E-state index in [2.05, 4.69) is 5.32 Å². The summed E-state index contributed by atoms with van der Waals surface area (Å²) in [7, 11) is 0. The maximum atomic E-state index is 13.0. The molecule has 0 saturated carbocycles. The first-order chi connectivity index (χ1) is 13.8. The van der Waals surface area contributed by atoms with E-state index in [1.54, 1.807) is 11.3 Å². The number of hydrogen-bond acceptors (Lipinski definition) is 5. The Bertz CT molecular complexity index is 1170. The standard InChI is InChI=1S/C22H16N2O3S/c25-22(23-12-14-7-8-19-20(10-14)27-13-26-19)16-11-18(21-6-3-9-28-21)24-17-5-2-1-4-15(16)17/h1-11H,12-13H2,(H,23,25). The first-order valence-electron chi connectivity index (χ1n) is 8.88. The smallest absolute Gasteiger partial charge is 0.252 e. The summed E-state index contributed by atoms with van der Waals surface area (Å²) in [6, 6.07) is 19.2. The summed E-state index contributed by atoms with van der Waals surface area (Å²) in [5.74, 6) is 1.31. The Morgan fingerprint density at radius 2 is 1.93 bits per heavy atom. The minimum absolute atomic E-state index is 0.130. The van der Waals surface area contributed by atoms with Gasteiger partial charge in [-0.2, -0.15) is 0 Å². The summed E-state index contributed by atoms with van der Waals surface area (Å²) in [6.07, 6.45) is 0. The van der Waals surface area contributed by atoms with Crippen molar-refractivity contribution in [3.05, 3.63) is 77.2 Å². The topological polar surface area (TPSA) is 60.5 Å². The van der Waals surface area contributed by atoms with Crippen LogP contribution in [0.3, 0.4) is 0 Å². The zero-order valence-electron chi connectivity index (χ0n) is 14.8. The molecule has 0 atom stereocenters. The van der Waals surface area contributed by atoms with E-state index in [4.69, 9.17) is 14.5 Å². The molecule has 1 amide bonds. The minimum atomic E-state index is -0.130. The molecule has 0 bridgehead atoms.